The Morgan fingerprint density at radius 3 is 1.23 bits per heavy atom. The van der Waals surface area contributed by atoms with Crippen molar-refractivity contribution in [1.29, 1.82) is 0 Å². The Labute approximate surface area is 208 Å². The fraction of sp³-hybridized carbons (Fsp3) is 0.103. The van der Waals surface area contributed by atoms with E-state index in [-0.39, 0.29) is 14.9 Å². The van der Waals surface area contributed by atoms with E-state index in [1.807, 2.05) is 18.2 Å². The number of para-hydroxylation sites is 1. The van der Waals surface area contributed by atoms with Crippen LogP contribution in [0.15, 0.2) is 131 Å². The quantitative estimate of drug-likeness (QED) is 0.274. The van der Waals surface area contributed by atoms with Gasteiger partial charge in [-0.1, -0.05) is 0 Å². The molecule has 0 aliphatic carbocycles. The minimum atomic E-state index is -3.88. The fourth-order valence-corrected chi connectivity index (χ4v) is 27.0. The third kappa shape index (κ3) is 3.48. The Morgan fingerprint density at radius 1 is 0.514 bits per heavy atom. The molecule has 5 aromatic rings. The minimum absolute atomic E-state index is 0.181. The Bertz CT molecular complexity index is 1440. The van der Waals surface area contributed by atoms with E-state index in [4.69, 9.17) is 0 Å². The van der Waals surface area contributed by atoms with E-state index >= 15 is 0 Å². The second-order valence-electron chi connectivity index (χ2n) is 9.00. The molecule has 0 radical (unpaired) electrons. The number of hydrogen-bond donors (Lipinski definition) is 0. The first-order valence-electron chi connectivity index (χ1n) is 11.9. The summed E-state index contributed by atoms with van der Waals surface area (Å²) in [4.78, 5) is 27.0. The molecule has 6 heteroatoms. The van der Waals surface area contributed by atoms with Crippen molar-refractivity contribution in [1.82, 2.24) is 13.9 Å². The van der Waals surface area contributed by atoms with Gasteiger partial charge in [-0.2, -0.15) is 0 Å². The van der Waals surface area contributed by atoms with Crippen LogP contribution in [0, 0.1) is 0 Å². The molecule has 0 amide bonds. The third-order valence-electron chi connectivity index (χ3n) is 7.22. The predicted molar refractivity (Wildman–Crippen MR) is 142 cm³/mol. The van der Waals surface area contributed by atoms with Gasteiger partial charge in [0.05, 0.1) is 0 Å². The molecule has 0 unspecified atom stereocenters. The van der Waals surface area contributed by atoms with E-state index in [9.17, 15) is 9.59 Å². The van der Waals surface area contributed by atoms with E-state index in [1.165, 1.54) is 13.9 Å². The van der Waals surface area contributed by atoms with Gasteiger partial charge in [0.2, 0.25) is 0 Å². The number of aromatic nitrogens is 3. The standard InChI is InChI=1S/C11H10N3O2.3C6H5.Pb/c15-10-12-7-4-8-13(12)11(16)14(10)9-5-2-1-3-6-9;3*1-2-4-6-5-3-1;/h1-6H,7-8H2;3*1-5H;. The summed E-state index contributed by atoms with van der Waals surface area (Å²) in [5.74, 6) is 0. The van der Waals surface area contributed by atoms with Crippen LogP contribution in [0.4, 0.5) is 0 Å². The van der Waals surface area contributed by atoms with Crippen LogP contribution >= 0.6 is 0 Å². The van der Waals surface area contributed by atoms with Gasteiger partial charge < -0.3 is 0 Å². The second kappa shape index (κ2) is 8.96. The summed E-state index contributed by atoms with van der Waals surface area (Å²) in [7, 11) is 0. The molecule has 0 N–H and O–H groups in total. The van der Waals surface area contributed by atoms with Gasteiger partial charge in [-0.25, -0.2) is 0 Å². The first-order valence-corrected chi connectivity index (χ1v) is 19.9. The molecule has 0 saturated heterocycles. The molecule has 35 heavy (non-hydrogen) atoms. The van der Waals surface area contributed by atoms with Crippen LogP contribution in [0.3, 0.4) is 0 Å². The molecule has 4 aromatic carbocycles. The van der Waals surface area contributed by atoms with Gasteiger partial charge in [0.25, 0.3) is 0 Å². The summed E-state index contributed by atoms with van der Waals surface area (Å²) in [5, 5.41) is 0. The zero-order valence-corrected chi connectivity index (χ0v) is 23.1. The van der Waals surface area contributed by atoms with E-state index < -0.39 is 21.2 Å². The van der Waals surface area contributed by atoms with E-state index in [1.54, 1.807) is 21.5 Å². The van der Waals surface area contributed by atoms with Crippen molar-refractivity contribution in [3.63, 3.8) is 0 Å². The van der Waals surface area contributed by atoms with Crippen LogP contribution in [0.1, 0.15) is 0 Å². The molecule has 172 valence electrons. The normalized spacial score (nSPS) is 13.6. The first kappa shape index (κ1) is 22.0. The van der Waals surface area contributed by atoms with Crippen LogP contribution in [0.2, 0.25) is 3.48 Å². The molecular formula is C29H25N3O2Pb. The zero-order chi connectivity index (χ0) is 23.8. The SMILES string of the molecule is O=c1n(-c2ccccc2)c(=O)n2n1C[CH]([Pb]([c]1ccccc1)([c]1ccccc1)[c]1ccccc1)C2. The summed E-state index contributed by atoms with van der Waals surface area (Å²) in [6, 6.07) is 41.5. The molecule has 1 aliphatic heterocycles. The number of fused-ring (bicyclic) bond motifs is 1. The van der Waals surface area contributed by atoms with Gasteiger partial charge in [-0.3, -0.25) is 0 Å². The monoisotopic (exact) mass is 655 g/mol. The molecule has 0 bridgehead atoms. The molecule has 6 rings (SSSR count). The average molecular weight is 655 g/mol. The van der Waals surface area contributed by atoms with Gasteiger partial charge in [0.1, 0.15) is 0 Å². The Kier molecular flexibility index (Phi) is 5.64. The van der Waals surface area contributed by atoms with Gasteiger partial charge in [0.15, 0.2) is 0 Å². The third-order valence-corrected chi connectivity index (χ3v) is 27.9. The molecule has 2 heterocycles. The van der Waals surface area contributed by atoms with Gasteiger partial charge in [0, 0.05) is 0 Å². The van der Waals surface area contributed by atoms with Crippen LogP contribution in [0.5, 0.6) is 0 Å². The molecule has 1 aliphatic rings. The van der Waals surface area contributed by atoms with Crippen LogP contribution in [-0.2, 0) is 13.1 Å². The first-order chi connectivity index (χ1) is 17.2. The number of nitrogens with zero attached hydrogens (tertiary/aromatic N) is 3. The summed E-state index contributed by atoms with van der Waals surface area (Å²) in [6.07, 6.45) is 0. The van der Waals surface area contributed by atoms with Crippen molar-refractivity contribution in [3.05, 3.63) is 142 Å². The molecule has 0 fully saturated rings. The van der Waals surface area contributed by atoms with Crippen molar-refractivity contribution in [3.8, 4) is 5.69 Å². The number of hydrogen-bond acceptors (Lipinski definition) is 2. The molecular weight excluding hydrogens is 630 g/mol. The predicted octanol–water partition coefficient (Wildman–Crippen LogP) is 2.35. The van der Waals surface area contributed by atoms with Crippen LogP contribution in [-0.4, -0.2) is 35.1 Å². The van der Waals surface area contributed by atoms with Crippen molar-refractivity contribution in [2.24, 2.45) is 0 Å². The maximum absolute atomic E-state index is 13.5. The molecule has 1 aromatic heterocycles. The Balaban J connectivity index is 1.57. The average Bonchev–Trinajstić information content (AvgIpc) is 3.46. The van der Waals surface area contributed by atoms with Gasteiger partial charge in [-0.05, 0) is 0 Å². The number of rotatable bonds is 5. The van der Waals surface area contributed by atoms with Crippen molar-refractivity contribution >= 4 is 30.5 Å². The number of benzene rings is 4. The van der Waals surface area contributed by atoms with Crippen LogP contribution in [0.25, 0.3) is 5.69 Å². The van der Waals surface area contributed by atoms with Crippen LogP contribution < -0.4 is 20.7 Å². The molecule has 5 nitrogen and oxygen atoms in total. The fourth-order valence-electron chi connectivity index (χ4n) is 5.73. The van der Waals surface area contributed by atoms with Crippen molar-refractivity contribution in [2.45, 2.75) is 16.6 Å². The summed E-state index contributed by atoms with van der Waals surface area (Å²) < 4.78 is 8.91. The Morgan fingerprint density at radius 2 is 0.857 bits per heavy atom. The van der Waals surface area contributed by atoms with E-state index in [0.29, 0.717) is 18.8 Å². The second-order valence-corrected chi connectivity index (χ2v) is 25.2. The summed E-state index contributed by atoms with van der Waals surface area (Å²) in [5.41, 5.74) is 0.0823. The summed E-state index contributed by atoms with van der Waals surface area (Å²) >= 11 is -3.88. The van der Waals surface area contributed by atoms with Gasteiger partial charge >= 0.3 is 209 Å². The van der Waals surface area contributed by atoms with E-state index in [0.717, 1.165) is 0 Å². The molecule has 0 atom stereocenters. The van der Waals surface area contributed by atoms with Crippen molar-refractivity contribution < 1.29 is 0 Å². The maximum atomic E-state index is 13.5. The topological polar surface area (TPSA) is 48.9 Å². The van der Waals surface area contributed by atoms with Crippen molar-refractivity contribution in [2.75, 3.05) is 0 Å². The Hall–Kier alpha value is -3.46. The van der Waals surface area contributed by atoms with E-state index in [2.05, 4.69) is 91.0 Å². The zero-order valence-electron chi connectivity index (χ0n) is 19.2. The molecule has 0 spiro atoms. The molecule has 0 saturated carbocycles. The summed E-state index contributed by atoms with van der Waals surface area (Å²) in [6.45, 7) is 1.07. The van der Waals surface area contributed by atoms with Gasteiger partial charge in [-0.15, -0.1) is 0 Å².